The molecule has 2 aliphatic rings. The monoisotopic (exact) mass is 702 g/mol. The highest BCUT2D eigenvalue weighted by molar-refractivity contribution is 6.03. The Bertz CT molecular complexity index is 914. The van der Waals surface area contributed by atoms with Gasteiger partial charge in [0, 0.05) is 19.5 Å². The molecule has 1 atom stereocenters. The number of hydrogen-bond acceptors (Lipinski definition) is 11. The van der Waals surface area contributed by atoms with Crippen LogP contribution in [-0.2, 0) is 52.3 Å². The molecule has 0 aromatic carbocycles. The van der Waals surface area contributed by atoms with Crippen LogP contribution >= 0.6 is 0 Å². The second kappa shape index (κ2) is 24.5. The fourth-order valence-corrected chi connectivity index (χ4v) is 5.70. The summed E-state index contributed by atoms with van der Waals surface area (Å²) in [6.45, 7) is 22.0. The minimum atomic E-state index is -0.259. The van der Waals surface area contributed by atoms with E-state index >= 15 is 0 Å². The first kappa shape index (κ1) is 43.5. The van der Waals surface area contributed by atoms with Gasteiger partial charge in [-0.1, -0.05) is 41.5 Å². The number of ether oxygens (including phenoxy) is 8. The number of rotatable bonds is 27. The molecule has 286 valence electrons. The van der Waals surface area contributed by atoms with Crippen LogP contribution in [0, 0.1) is 22.7 Å². The van der Waals surface area contributed by atoms with Crippen molar-refractivity contribution in [2.75, 3.05) is 125 Å². The molecule has 0 spiro atoms. The standard InChI is InChI=1S/C36H66N2O11/c1-35(2,3)30-7-10-37(11-8-30)32(39)9-13-42-15-17-44-19-21-46-23-25-48-27-28-49-26-24-47-22-20-45-18-16-43-14-12-38-33(40)29-31(34(38)41)36(4,5)6/h30-31H,7-29H2,1-6H3. The molecule has 0 aliphatic carbocycles. The maximum Gasteiger partial charge on any atom is 0.233 e. The van der Waals surface area contributed by atoms with Gasteiger partial charge in [-0.3, -0.25) is 19.3 Å². The van der Waals surface area contributed by atoms with Crippen LogP contribution < -0.4 is 0 Å². The molecule has 0 aromatic heterocycles. The van der Waals surface area contributed by atoms with Gasteiger partial charge in [0.2, 0.25) is 17.7 Å². The summed E-state index contributed by atoms with van der Waals surface area (Å²) >= 11 is 0. The molecule has 13 nitrogen and oxygen atoms in total. The summed E-state index contributed by atoms with van der Waals surface area (Å²) in [7, 11) is 0. The van der Waals surface area contributed by atoms with Crippen molar-refractivity contribution in [2.24, 2.45) is 22.7 Å². The smallest absolute Gasteiger partial charge is 0.233 e. The lowest BCUT2D eigenvalue weighted by molar-refractivity contribution is -0.141. The molecule has 2 rings (SSSR count). The van der Waals surface area contributed by atoms with Gasteiger partial charge < -0.3 is 42.8 Å². The molecule has 3 amide bonds. The predicted molar refractivity (Wildman–Crippen MR) is 184 cm³/mol. The number of imide groups is 1. The molecule has 2 fully saturated rings. The van der Waals surface area contributed by atoms with Crippen molar-refractivity contribution in [3.05, 3.63) is 0 Å². The van der Waals surface area contributed by atoms with Crippen LogP contribution in [-0.4, -0.2) is 153 Å². The van der Waals surface area contributed by atoms with E-state index in [9.17, 15) is 14.4 Å². The summed E-state index contributed by atoms with van der Waals surface area (Å²) in [5, 5.41) is 0. The zero-order valence-corrected chi connectivity index (χ0v) is 31.3. The number of carbonyl (C=O) groups is 3. The van der Waals surface area contributed by atoms with Gasteiger partial charge in [-0.2, -0.15) is 0 Å². The summed E-state index contributed by atoms with van der Waals surface area (Å²) in [5.74, 6) is 0.386. The van der Waals surface area contributed by atoms with Gasteiger partial charge in [-0.15, -0.1) is 0 Å². The average molecular weight is 703 g/mol. The van der Waals surface area contributed by atoms with Crippen molar-refractivity contribution < 1.29 is 52.3 Å². The molecule has 49 heavy (non-hydrogen) atoms. The molecule has 2 heterocycles. The van der Waals surface area contributed by atoms with Crippen molar-refractivity contribution in [1.29, 1.82) is 0 Å². The van der Waals surface area contributed by atoms with E-state index in [0.29, 0.717) is 123 Å². The van der Waals surface area contributed by atoms with E-state index in [1.165, 1.54) is 4.90 Å². The number of likely N-dealkylation sites (tertiary alicyclic amines) is 2. The number of hydrogen-bond donors (Lipinski definition) is 0. The lowest BCUT2D eigenvalue weighted by Crippen LogP contribution is -2.41. The zero-order chi connectivity index (χ0) is 36.0. The van der Waals surface area contributed by atoms with E-state index in [2.05, 4.69) is 20.8 Å². The fourth-order valence-electron chi connectivity index (χ4n) is 5.70. The number of amides is 3. The van der Waals surface area contributed by atoms with E-state index < -0.39 is 0 Å². The summed E-state index contributed by atoms with van der Waals surface area (Å²) < 4.78 is 44.0. The van der Waals surface area contributed by atoms with E-state index in [1.54, 1.807) is 0 Å². The van der Waals surface area contributed by atoms with Crippen LogP contribution in [0.15, 0.2) is 0 Å². The van der Waals surface area contributed by atoms with Gasteiger partial charge >= 0.3 is 0 Å². The minimum absolute atomic E-state index is 0.100. The summed E-state index contributed by atoms with van der Waals surface area (Å²) in [5.41, 5.74) is 0.0888. The van der Waals surface area contributed by atoms with E-state index in [4.69, 9.17) is 37.9 Å². The molecule has 0 radical (unpaired) electrons. The highest BCUT2D eigenvalue weighted by Crippen LogP contribution is 2.35. The predicted octanol–water partition coefficient (Wildman–Crippen LogP) is 3.22. The first-order valence-electron chi connectivity index (χ1n) is 18.1. The molecule has 2 saturated heterocycles. The third-order valence-electron chi connectivity index (χ3n) is 8.89. The third-order valence-corrected chi connectivity index (χ3v) is 8.89. The van der Waals surface area contributed by atoms with Gasteiger partial charge in [0.25, 0.3) is 0 Å². The van der Waals surface area contributed by atoms with Gasteiger partial charge in [-0.05, 0) is 29.6 Å². The van der Waals surface area contributed by atoms with E-state index in [1.807, 2.05) is 25.7 Å². The molecule has 13 heteroatoms. The average Bonchev–Trinajstić information content (AvgIpc) is 3.35. The molecule has 2 aliphatic heterocycles. The Morgan fingerprint density at radius 2 is 0.939 bits per heavy atom. The second-order valence-electron chi connectivity index (χ2n) is 14.7. The normalized spacial score (nSPS) is 17.9. The molecular formula is C36H66N2O11. The quantitative estimate of drug-likeness (QED) is 0.0924. The van der Waals surface area contributed by atoms with Crippen molar-refractivity contribution in [3.8, 4) is 0 Å². The van der Waals surface area contributed by atoms with Crippen LogP contribution in [0.2, 0.25) is 0 Å². The molecular weight excluding hydrogens is 636 g/mol. The maximum absolute atomic E-state index is 12.5. The van der Waals surface area contributed by atoms with Gasteiger partial charge in [0.1, 0.15) is 0 Å². The lowest BCUT2D eigenvalue weighted by Gasteiger charge is -2.38. The Kier molecular flexibility index (Phi) is 21.7. The first-order valence-corrected chi connectivity index (χ1v) is 18.1. The largest absolute Gasteiger partial charge is 0.379 e. The first-order chi connectivity index (χ1) is 23.4. The Hall–Kier alpha value is -1.71. The lowest BCUT2D eigenvalue weighted by atomic mass is 9.75. The Balaban J connectivity index is 1.23. The highest BCUT2D eigenvalue weighted by atomic mass is 16.6. The third kappa shape index (κ3) is 18.9. The summed E-state index contributed by atoms with van der Waals surface area (Å²) in [6.07, 6.45) is 2.87. The van der Waals surface area contributed by atoms with E-state index in [0.717, 1.165) is 25.9 Å². The number of nitrogens with zero attached hydrogens (tertiary/aromatic N) is 2. The van der Waals surface area contributed by atoms with Crippen LogP contribution in [0.3, 0.4) is 0 Å². The topological polar surface area (TPSA) is 132 Å². The highest BCUT2D eigenvalue weighted by Gasteiger charge is 2.44. The van der Waals surface area contributed by atoms with Gasteiger partial charge in [-0.25, -0.2) is 0 Å². The van der Waals surface area contributed by atoms with Crippen LogP contribution in [0.1, 0.15) is 67.2 Å². The SMILES string of the molecule is CC(C)(C)C1CCN(C(=O)CCOCCOCCOCCOCCOCCOCCOCCOCCN2C(=O)CC(C(C)(C)C)C2=O)CC1. The summed E-state index contributed by atoms with van der Waals surface area (Å²) in [6, 6.07) is 0. The molecule has 0 bridgehead atoms. The summed E-state index contributed by atoms with van der Waals surface area (Å²) in [4.78, 5) is 40.3. The zero-order valence-electron chi connectivity index (χ0n) is 31.3. The Morgan fingerprint density at radius 3 is 1.29 bits per heavy atom. The minimum Gasteiger partial charge on any atom is -0.379 e. The van der Waals surface area contributed by atoms with Crippen LogP contribution in [0.5, 0.6) is 0 Å². The van der Waals surface area contributed by atoms with Crippen molar-refractivity contribution in [3.63, 3.8) is 0 Å². The fraction of sp³-hybridized carbons (Fsp3) is 0.917. The van der Waals surface area contributed by atoms with Crippen molar-refractivity contribution in [1.82, 2.24) is 9.80 Å². The number of carbonyl (C=O) groups excluding carboxylic acids is 3. The van der Waals surface area contributed by atoms with Gasteiger partial charge in [0.15, 0.2) is 0 Å². The molecule has 0 aromatic rings. The Morgan fingerprint density at radius 1 is 0.571 bits per heavy atom. The van der Waals surface area contributed by atoms with Crippen LogP contribution in [0.4, 0.5) is 0 Å². The molecule has 1 unspecified atom stereocenters. The van der Waals surface area contributed by atoms with Crippen molar-refractivity contribution >= 4 is 17.7 Å². The Labute approximate surface area is 294 Å². The van der Waals surface area contributed by atoms with Crippen molar-refractivity contribution in [2.45, 2.75) is 67.2 Å². The maximum atomic E-state index is 12.5. The molecule has 0 saturated carbocycles. The molecule has 0 N–H and O–H groups in total. The van der Waals surface area contributed by atoms with Gasteiger partial charge in [0.05, 0.1) is 125 Å². The second-order valence-corrected chi connectivity index (χ2v) is 14.7. The number of piperidine rings is 1. The van der Waals surface area contributed by atoms with E-state index in [-0.39, 0.29) is 42.0 Å². The van der Waals surface area contributed by atoms with Crippen LogP contribution in [0.25, 0.3) is 0 Å².